The number of nitrogens with zero attached hydrogens (tertiary/aromatic N) is 3. The van der Waals surface area contributed by atoms with Gasteiger partial charge in [0, 0.05) is 5.69 Å². The van der Waals surface area contributed by atoms with Crippen molar-refractivity contribution in [1.82, 2.24) is 20.3 Å². The fourth-order valence-electron chi connectivity index (χ4n) is 3.16. The number of carbonyl (C=O) groups excluding carboxylic acids is 1. The zero-order valence-electron chi connectivity index (χ0n) is 17.8. The highest BCUT2D eigenvalue weighted by Crippen LogP contribution is 2.22. The Labute approximate surface area is 191 Å². The maximum absolute atomic E-state index is 12.1. The lowest BCUT2D eigenvalue weighted by molar-refractivity contribution is -0.121. The molecule has 0 bridgehead atoms. The van der Waals surface area contributed by atoms with Gasteiger partial charge >= 0.3 is 0 Å². The van der Waals surface area contributed by atoms with E-state index < -0.39 is 0 Å². The number of anilines is 1. The summed E-state index contributed by atoms with van der Waals surface area (Å²) in [7, 11) is 0. The number of hydrogen-bond donors (Lipinski definition) is 2. The van der Waals surface area contributed by atoms with E-state index in [9.17, 15) is 4.79 Å². The van der Waals surface area contributed by atoms with Crippen LogP contribution < -0.4 is 15.4 Å². The van der Waals surface area contributed by atoms with Gasteiger partial charge < -0.3 is 10.1 Å². The van der Waals surface area contributed by atoms with Crippen LogP contribution in [-0.2, 0) is 11.2 Å². The number of carbonyl (C=O) groups is 1. The summed E-state index contributed by atoms with van der Waals surface area (Å²) in [5.41, 5.74) is 5.34. The standard InChI is InChI=1S/C24H23N5O2S/c1-3-17-9-11-18(12-10-17)29-27-21-13-16(2)20(14-22(21)28-29)25-24(32)26-23(30)15-31-19-7-5-4-6-8-19/h4-14H,3,15H2,1-2H3,(H2,25,26,30,32). The molecule has 1 heterocycles. The number of amides is 1. The van der Waals surface area contributed by atoms with Crippen molar-refractivity contribution < 1.29 is 9.53 Å². The molecule has 0 aliphatic heterocycles. The van der Waals surface area contributed by atoms with E-state index in [1.165, 1.54) is 5.56 Å². The topological polar surface area (TPSA) is 81.1 Å². The molecule has 4 aromatic rings. The second kappa shape index (κ2) is 9.57. The van der Waals surface area contributed by atoms with Crippen LogP contribution in [0.25, 0.3) is 16.7 Å². The van der Waals surface area contributed by atoms with Crippen molar-refractivity contribution in [2.75, 3.05) is 11.9 Å². The number of hydrogen-bond acceptors (Lipinski definition) is 5. The molecule has 2 N–H and O–H groups in total. The highest BCUT2D eigenvalue weighted by atomic mass is 32.1. The Morgan fingerprint density at radius 2 is 1.72 bits per heavy atom. The summed E-state index contributed by atoms with van der Waals surface area (Å²) in [6, 6.07) is 21.1. The SMILES string of the molecule is CCc1ccc(-n2nc3cc(C)c(NC(=S)NC(=O)COc4ccccc4)cc3n2)cc1. The first kappa shape index (κ1) is 21.5. The van der Waals surface area contributed by atoms with Crippen LogP contribution in [0.5, 0.6) is 5.75 Å². The smallest absolute Gasteiger partial charge is 0.264 e. The molecule has 1 amide bonds. The molecule has 0 spiro atoms. The first-order chi connectivity index (χ1) is 15.5. The largest absolute Gasteiger partial charge is 0.484 e. The number of ether oxygens (including phenoxy) is 1. The predicted octanol–water partition coefficient (Wildman–Crippen LogP) is 4.18. The molecule has 0 fully saturated rings. The van der Waals surface area contributed by atoms with Crippen molar-refractivity contribution in [3.05, 3.63) is 77.9 Å². The van der Waals surface area contributed by atoms with Crippen molar-refractivity contribution in [2.24, 2.45) is 0 Å². The molecular weight excluding hydrogens is 422 g/mol. The Balaban J connectivity index is 1.42. The van der Waals surface area contributed by atoms with Crippen LogP contribution in [0, 0.1) is 6.92 Å². The van der Waals surface area contributed by atoms with E-state index >= 15 is 0 Å². The Morgan fingerprint density at radius 3 is 2.41 bits per heavy atom. The molecule has 1 aromatic heterocycles. The Kier molecular flexibility index (Phi) is 6.42. The molecule has 0 atom stereocenters. The van der Waals surface area contributed by atoms with Gasteiger partial charge in [-0.15, -0.1) is 10.2 Å². The van der Waals surface area contributed by atoms with Crippen LogP contribution in [0.15, 0.2) is 66.7 Å². The highest BCUT2D eigenvalue weighted by molar-refractivity contribution is 7.80. The van der Waals surface area contributed by atoms with Crippen LogP contribution in [0.3, 0.4) is 0 Å². The van der Waals surface area contributed by atoms with Gasteiger partial charge in [0.25, 0.3) is 5.91 Å². The monoisotopic (exact) mass is 445 g/mol. The van der Waals surface area contributed by atoms with Crippen molar-refractivity contribution in [1.29, 1.82) is 0 Å². The first-order valence-electron chi connectivity index (χ1n) is 10.3. The predicted molar refractivity (Wildman–Crippen MR) is 129 cm³/mol. The van der Waals surface area contributed by atoms with E-state index in [4.69, 9.17) is 17.0 Å². The Morgan fingerprint density at radius 1 is 1.03 bits per heavy atom. The van der Waals surface area contributed by atoms with Crippen LogP contribution in [0.2, 0.25) is 0 Å². The summed E-state index contributed by atoms with van der Waals surface area (Å²) in [5, 5.41) is 15.1. The van der Waals surface area contributed by atoms with E-state index in [-0.39, 0.29) is 17.6 Å². The number of fused-ring (bicyclic) bond motifs is 1. The van der Waals surface area contributed by atoms with Crippen LogP contribution in [0.4, 0.5) is 5.69 Å². The average molecular weight is 446 g/mol. The van der Waals surface area contributed by atoms with Gasteiger partial charge in [0.05, 0.1) is 5.69 Å². The van der Waals surface area contributed by atoms with Crippen molar-refractivity contribution >= 4 is 40.0 Å². The molecule has 8 heteroatoms. The van der Waals surface area contributed by atoms with Crippen LogP contribution in [-0.4, -0.2) is 32.6 Å². The second-order valence-corrected chi connectivity index (χ2v) is 7.68. The Bertz CT molecular complexity index is 1250. The molecule has 0 aliphatic carbocycles. The molecule has 162 valence electrons. The number of para-hydroxylation sites is 1. The van der Waals surface area contributed by atoms with Crippen LogP contribution in [0.1, 0.15) is 18.1 Å². The van der Waals surface area contributed by atoms with Crippen LogP contribution >= 0.6 is 12.2 Å². The summed E-state index contributed by atoms with van der Waals surface area (Å²) < 4.78 is 5.44. The zero-order valence-corrected chi connectivity index (χ0v) is 18.6. The summed E-state index contributed by atoms with van der Waals surface area (Å²) in [5.74, 6) is 0.279. The van der Waals surface area contributed by atoms with Gasteiger partial charge in [-0.1, -0.05) is 37.3 Å². The lowest BCUT2D eigenvalue weighted by atomic mass is 10.2. The van der Waals surface area contributed by atoms with Gasteiger partial charge in [0.15, 0.2) is 11.7 Å². The quantitative estimate of drug-likeness (QED) is 0.433. The molecule has 0 aliphatic rings. The minimum absolute atomic E-state index is 0.130. The van der Waals surface area contributed by atoms with Gasteiger partial charge in [-0.25, -0.2) is 0 Å². The molecule has 0 saturated heterocycles. The van der Waals surface area contributed by atoms with E-state index in [1.54, 1.807) is 16.9 Å². The number of nitrogens with one attached hydrogen (secondary N) is 2. The van der Waals surface area contributed by atoms with Gasteiger partial charge in [0.2, 0.25) is 0 Å². The average Bonchev–Trinajstić information content (AvgIpc) is 3.21. The van der Waals surface area contributed by atoms with E-state index in [2.05, 4.69) is 39.9 Å². The lowest BCUT2D eigenvalue weighted by Crippen LogP contribution is -2.37. The van der Waals surface area contributed by atoms with Crippen molar-refractivity contribution in [3.8, 4) is 11.4 Å². The molecule has 7 nitrogen and oxygen atoms in total. The van der Waals surface area contributed by atoms with E-state index in [0.717, 1.165) is 34.4 Å². The summed E-state index contributed by atoms with van der Waals surface area (Å²) >= 11 is 5.29. The van der Waals surface area contributed by atoms with Gasteiger partial charge in [0.1, 0.15) is 16.8 Å². The van der Waals surface area contributed by atoms with Crippen molar-refractivity contribution in [2.45, 2.75) is 20.3 Å². The number of benzene rings is 3. The highest BCUT2D eigenvalue weighted by Gasteiger charge is 2.11. The number of thiocarbonyl (C=S) groups is 1. The first-order valence-corrected chi connectivity index (χ1v) is 10.7. The normalized spacial score (nSPS) is 10.7. The van der Waals surface area contributed by atoms with E-state index in [1.807, 2.05) is 49.4 Å². The van der Waals surface area contributed by atoms with Gasteiger partial charge in [-0.2, -0.15) is 4.80 Å². The third-order valence-corrected chi connectivity index (χ3v) is 5.12. The minimum Gasteiger partial charge on any atom is -0.484 e. The molecular formula is C24H23N5O2S. The molecule has 0 unspecified atom stereocenters. The van der Waals surface area contributed by atoms with Gasteiger partial charge in [-0.3, -0.25) is 10.1 Å². The third-order valence-electron chi connectivity index (χ3n) is 4.92. The summed E-state index contributed by atoms with van der Waals surface area (Å²) in [6.07, 6.45) is 0.984. The fraction of sp³-hybridized carbons (Fsp3) is 0.167. The maximum atomic E-state index is 12.1. The summed E-state index contributed by atoms with van der Waals surface area (Å²) in [6.45, 7) is 3.94. The molecule has 0 saturated carbocycles. The number of aryl methyl sites for hydroxylation is 2. The number of aromatic nitrogens is 3. The molecule has 3 aromatic carbocycles. The molecule has 0 radical (unpaired) electrons. The lowest BCUT2D eigenvalue weighted by Gasteiger charge is -2.12. The summed E-state index contributed by atoms with van der Waals surface area (Å²) in [4.78, 5) is 13.8. The Hall–Kier alpha value is -3.78. The minimum atomic E-state index is -0.341. The molecule has 32 heavy (non-hydrogen) atoms. The van der Waals surface area contributed by atoms with E-state index in [0.29, 0.717) is 5.75 Å². The number of rotatable bonds is 6. The molecule has 4 rings (SSSR count). The maximum Gasteiger partial charge on any atom is 0.264 e. The third kappa shape index (κ3) is 5.09. The zero-order chi connectivity index (χ0) is 22.5. The van der Waals surface area contributed by atoms with Crippen molar-refractivity contribution in [3.63, 3.8) is 0 Å². The fourth-order valence-corrected chi connectivity index (χ4v) is 3.39. The second-order valence-electron chi connectivity index (χ2n) is 7.27. The van der Waals surface area contributed by atoms with Gasteiger partial charge in [-0.05, 0) is 73.1 Å².